The highest BCUT2D eigenvalue weighted by Gasteiger charge is 2.29. The van der Waals surface area contributed by atoms with E-state index in [-0.39, 0.29) is 6.04 Å². The van der Waals surface area contributed by atoms with Crippen LogP contribution in [0.4, 0.5) is 0 Å². The number of para-hydroxylation sites is 1. The Hall–Kier alpha value is -3.29. The number of likely N-dealkylation sites (N-methyl/N-ethyl adjacent to an activating group) is 1. The van der Waals surface area contributed by atoms with Crippen LogP contribution in [0.3, 0.4) is 0 Å². The minimum Gasteiger partial charge on any atom is -0.496 e. The van der Waals surface area contributed by atoms with Gasteiger partial charge in [0.2, 0.25) is 0 Å². The Labute approximate surface area is 181 Å². The fourth-order valence-electron chi connectivity index (χ4n) is 4.31. The van der Waals surface area contributed by atoms with Gasteiger partial charge in [-0.25, -0.2) is 4.52 Å². The van der Waals surface area contributed by atoms with Crippen molar-refractivity contribution in [3.05, 3.63) is 78.4 Å². The first-order chi connectivity index (χ1) is 15.2. The summed E-state index contributed by atoms with van der Waals surface area (Å²) in [5, 5.41) is 9.04. The van der Waals surface area contributed by atoms with Gasteiger partial charge < -0.3 is 4.74 Å². The molecule has 0 unspecified atom stereocenters. The first kappa shape index (κ1) is 19.7. The molecule has 0 amide bonds. The van der Waals surface area contributed by atoms with Gasteiger partial charge in [0.25, 0.3) is 0 Å². The third-order valence-electron chi connectivity index (χ3n) is 6.03. The standard InChI is InChI=1S/C24H26N6O/c1-28-12-13-29(15-18-6-5-11-25-14-18)17-22(28)24-21-10-9-19(16-30(21)27-26-24)20-7-3-4-8-23(20)31-2/h3-11,14,16,22H,12-13,15,17H2,1-2H3/t22-/m1/s1. The lowest BCUT2D eigenvalue weighted by Crippen LogP contribution is -2.46. The number of ether oxygens (including phenoxy) is 1. The van der Waals surface area contributed by atoms with Gasteiger partial charge in [0.05, 0.1) is 18.7 Å². The lowest BCUT2D eigenvalue weighted by Gasteiger charge is -2.38. The predicted octanol–water partition coefficient (Wildman–Crippen LogP) is 3.29. The van der Waals surface area contributed by atoms with Crippen molar-refractivity contribution in [1.29, 1.82) is 0 Å². The van der Waals surface area contributed by atoms with Crippen LogP contribution in [-0.4, -0.2) is 63.4 Å². The highest BCUT2D eigenvalue weighted by atomic mass is 16.5. The molecule has 4 aromatic rings. The Kier molecular flexibility index (Phi) is 5.36. The summed E-state index contributed by atoms with van der Waals surface area (Å²) in [7, 11) is 3.86. The maximum absolute atomic E-state index is 5.52. The molecule has 1 aliphatic heterocycles. The second kappa shape index (κ2) is 8.45. The van der Waals surface area contributed by atoms with Gasteiger partial charge >= 0.3 is 0 Å². The van der Waals surface area contributed by atoms with Gasteiger partial charge in [-0.1, -0.05) is 35.5 Å². The smallest absolute Gasteiger partial charge is 0.126 e. The number of fused-ring (bicyclic) bond motifs is 1. The summed E-state index contributed by atoms with van der Waals surface area (Å²) in [4.78, 5) is 9.09. The number of piperazine rings is 1. The summed E-state index contributed by atoms with van der Waals surface area (Å²) in [6.07, 6.45) is 5.79. The number of aromatic nitrogens is 4. The fourth-order valence-corrected chi connectivity index (χ4v) is 4.31. The topological polar surface area (TPSA) is 58.8 Å². The molecule has 0 saturated carbocycles. The molecule has 0 radical (unpaired) electrons. The molecule has 31 heavy (non-hydrogen) atoms. The zero-order valence-electron chi connectivity index (χ0n) is 17.8. The Morgan fingerprint density at radius 2 is 1.97 bits per heavy atom. The monoisotopic (exact) mass is 414 g/mol. The predicted molar refractivity (Wildman–Crippen MR) is 120 cm³/mol. The van der Waals surface area contributed by atoms with E-state index in [0.29, 0.717) is 0 Å². The Morgan fingerprint density at radius 1 is 1.06 bits per heavy atom. The molecule has 0 bridgehead atoms. The maximum Gasteiger partial charge on any atom is 0.126 e. The van der Waals surface area contributed by atoms with E-state index in [1.54, 1.807) is 7.11 Å². The zero-order valence-corrected chi connectivity index (χ0v) is 17.8. The van der Waals surface area contributed by atoms with Crippen molar-refractivity contribution in [3.63, 3.8) is 0 Å². The van der Waals surface area contributed by atoms with Gasteiger partial charge in [-0.15, -0.1) is 5.10 Å². The highest BCUT2D eigenvalue weighted by Crippen LogP contribution is 2.31. The average molecular weight is 415 g/mol. The van der Waals surface area contributed by atoms with Crippen LogP contribution in [0.2, 0.25) is 0 Å². The first-order valence-electron chi connectivity index (χ1n) is 10.5. The summed E-state index contributed by atoms with van der Waals surface area (Å²) < 4.78 is 7.40. The lowest BCUT2D eigenvalue weighted by molar-refractivity contribution is 0.0889. The third kappa shape index (κ3) is 3.89. The number of benzene rings is 1. The molecule has 4 heterocycles. The molecule has 158 valence electrons. The van der Waals surface area contributed by atoms with Crippen LogP contribution in [0.25, 0.3) is 16.6 Å². The summed E-state index contributed by atoms with van der Waals surface area (Å²) in [6.45, 7) is 3.83. The Balaban J connectivity index is 1.43. The van der Waals surface area contributed by atoms with Gasteiger partial charge in [-0.2, -0.15) is 0 Å². The molecule has 3 aromatic heterocycles. The van der Waals surface area contributed by atoms with E-state index in [9.17, 15) is 0 Å². The molecule has 1 aromatic carbocycles. The van der Waals surface area contributed by atoms with Crippen LogP contribution in [0, 0.1) is 0 Å². The summed E-state index contributed by atoms with van der Waals surface area (Å²) in [6, 6.07) is 16.6. The van der Waals surface area contributed by atoms with E-state index in [1.807, 2.05) is 47.4 Å². The number of methoxy groups -OCH3 is 1. The molecule has 0 spiro atoms. The van der Waals surface area contributed by atoms with Crippen molar-refractivity contribution in [3.8, 4) is 16.9 Å². The van der Waals surface area contributed by atoms with Crippen LogP contribution in [0.1, 0.15) is 17.3 Å². The third-order valence-corrected chi connectivity index (χ3v) is 6.03. The van der Waals surface area contributed by atoms with Crippen molar-refractivity contribution in [2.24, 2.45) is 0 Å². The molecule has 5 rings (SSSR count). The zero-order chi connectivity index (χ0) is 21.2. The molecule has 1 aliphatic rings. The minimum atomic E-state index is 0.194. The van der Waals surface area contributed by atoms with E-state index in [4.69, 9.17) is 4.74 Å². The van der Waals surface area contributed by atoms with E-state index in [2.05, 4.69) is 56.4 Å². The van der Waals surface area contributed by atoms with Crippen molar-refractivity contribution in [2.45, 2.75) is 12.6 Å². The quantitative estimate of drug-likeness (QED) is 0.500. The number of pyridine rings is 2. The number of hydrogen-bond acceptors (Lipinski definition) is 6. The highest BCUT2D eigenvalue weighted by molar-refractivity contribution is 5.71. The fraction of sp³-hybridized carbons (Fsp3) is 0.292. The van der Waals surface area contributed by atoms with E-state index >= 15 is 0 Å². The Bertz CT molecular complexity index is 1180. The SMILES string of the molecule is COc1ccccc1-c1ccc2c([C@H]3CN(Cc4cccnc4)CCN3C)nnn2c1. The molecular formula is C24H26N6O. The van der Waals surface area contributed by atoms with E-state index in [0.717, 1.165) is 54.3 Å². The van der Waals surface area contributed by atoms with Crippen LogP contribution in [0.5, 0.6) is 5.75 Å². The molecule has 0 N–H and O–H groups in total. The van der Waals surface area contributed by atoms with E-state index < -0.39 is 0 Å². The Morgan fingerprint density at radius 3 is 2.81 bits per heavy atom. The minimum absolute atomic E-state index is 0.194. The van der Waals surface area contributed by atoms with Crippen molar-refractivity contribution < 1.29 is 4.74 Å². The normalized spacial score (nSPS) is 17.8. The molecule has 1 saturated heterocycles. The van der Waals surface area contributed by atoms with Gasteiger partial charge in [-0.05, 0) is 30.8 Å². The maximum atomic E-state index is 5.52. The van der Waals surface area contributed by atoms with Crippen LogP contribution in [-0.2, 0) is 6.54 Å². The largest absolute Gasteiger partial charge is 0.496 e. The number of hydrogen-bond donors (Lipinski definition) is 0. The summed E-state index contributed by atoms with van der Waals surface area (Å²) in [5.41, 5.74) is 5.39. The van der Waals surface area contributed by atoms with Crippen molar-refractivity contribution in [1.82, 2.24) is 29.6 Å². The molecule has 7 nitrogen and oxygen atoms in total. The number of rotatable bonds is 5. The van der Waals surface area contributed by atoms with Crippen molar-refractivity contribution >= 4 is 5.52 Å². The van der Waals surface area contributed by atoms with Crippen LogP contribution in [0.15, 0.2) is 67.1 Å². The summed E-state index contributed by atoms with van der Waals surface area (Å²) in [5.74, 6) is 0.847. The summed E-state index contributed by atoms with van der Waals surface area (Å²) >= 11 is 0. The average Bonchev–Trinajstić information content (AvgIpc) is 3.24. The second-order valence-corrected chi connectivity index (χ2v) is 8.02. The van der Waals surface area contributed by atoms with Crippen LogP contribution >= 0.6 is 0 Å². The number of nitrogens with zero attached hydrogens (tertiary/aromatic N) is 6. The molecule has 7 heteroatoms. The van der Waals surface area contributed by atoms with Gasteiger partial charge in [0.15, 0.2) is 0 Å². The first-order valence-corrected chi connectivity index (χ1v) is 10.5. The van der Waals surface area contributed by atoms with Gasteiger partial charge in [-0.3, -0.25) is 14.8 Å². The van der Waals surface area contributed by atoms with Crippen molar-refractivity contribution in [2.75, 3.05) is 33.8 Å². The molecule has 1 fully saturated rings. The van der Waals surface area contributed by atoms with E-state index in [1.165, 1.54) is 5.56 Å². The molecule has 1 atom stereocenters. The van der Waals surface area contributed by atoms with Gasteiger partial charge in [0.1, 0.15) is 11.4 Å². The van der Waals surface area contributed by atoms with Crippen LogP contribution < -0.4 is 4.74 Å². The second-order valence-electron chi connectivity index (χ2n) is 8.02. The van der Waals surface area contributed by atoms with Gasteiger partial charge in [0, 0.05) is 55.9 Å². The lowest BCUT2D eigenvalue weighted by atomic mass is 10.0. The molecular weight excluding hydrogens is 388 g/mol. The molecule has 0 aliphatic carbocycles.